The van der Waals surface area contributed by atoms with Crippen molar-refractivity contribution in [2.75, 3.05) is 19.7 Å². The molecule has 0 unspecified atom stereocenters. The normalized spacial score (nSPS) is 26.5. The van der Waals surface area contributed by atoms with Gasteiger partial charge in [0.05, 0.1) is 18.8 Å². The fraction of sp³-hybridized carbons (Fsp3) is 0.909. The molecule has 1 saturated carbocycles. The van der Waals surface area contributed by atoms with Gasteiger partial charge in [-0.3, -0.25) is 0 Å². The standard InChI is InChI=1S/C11H19N5O/c1-2-4-9(3-1)16-14-11(13-15-16)7-10-8-12-5-6-17-10/h9-10,12H,1-8H2/t10-/m1/s1. The summed E-state index contributed by atoms with van der Waals surface area (Å²) in [5, 5.41) is 16.1. The third kappa shape index (κ3) is 2.63. The van der Waals surface area contributed by atoms with E-state index < -0.39 is 0 Å². The quantitative estimate of drug-likeness (QED) is 0.820. The maximum absolute atomic E-state index is 5.64. The first-order valence-electron chi connectivity index (χ1n) is 6.52. The largest absolute Gasteiger partial charge is 0.375 e. The summed E-state index contributed by atoms with van der Waals surface area (Å²) in [6.45, 7) is 2.61. The van der Waals surface area contributed by atoms with Gasteiger partial charge in [-0.2, -0.15) is 4.80 Å². The zero-order chi connectivity index (χ0) is 11.5. The molecule has 1 aliphatic heterocycles. The Morgan fingerprint density at radius 1 is 1.35 bits per heavy atom. The van der Waals surface area contributed by atoms with Crippen LogP contribution in [0.4, 0.5) is 0 Å². The second-order valence-corrected chi connectivity index (χ2v) is 4.87. The Hall–Kier alpha value is -1.01. The highest BCUT2D eigenvalue weighted by Gasteiger charge is 2.21. The second kappa shape index (κ2) is 5.10. The lowest BCUT2D eigenvalue weighted by Crippen LogP contribution is -2.39. The predicted molar refractivity (Wildman–Crippen MR) is 61.6 cm³/mol. The highest BCUT2D eigenvalue weighted by atomic mass is 16.5. The van der Waals surface area contributed by atoms with Gasteiger partial charge in [0.2, 0.25) is 0 Å². The molecule has 0 radical (unpaired) electrons. The third-order valence-electron chi connectivity index (χ3n) is 3.54. The van der Waals surface area contributed by atoms with E-state index in [1.54, 1.807) is 4.80 Å². The number of hydrogen-bond acceptors (Lipinski definition) is 5. The summed E-state index contributed by atoms with van der Waals surface area (Å²) in [5.74, 6) is 0.811. The highest BCUT2D eigenvalue weighted by Crippen LogP contribution is 2.27. The smallest absolute Gasteiger partial charge is 0.177 e. The van der Waals surface area contributed by atoms with Gasteiger partial charge in [-0.05, 0) is 18.1 Å². The molecule has 0 aromatic carbocycles. The zero-order valence-corrected chi connectivity index (χ0v) is 10.0. The van der Waals surface area contributed by atoms with Crippen LogP contribution in [-0.4, -0.2) is 46.0 Å². The number of ether oxygens (including phenoxy) is 1. The summed E-state index contributed by atoms with van der Waals surface area (Å²) in [4.78, 5) is 1.80. The number of aromatic nitrogens is 4. The molecule has 6 nitrogen and oxygen atoms in total. The van der Waals surface area contributed by atoms with Crippen LogP contribution in [0.25, 0.3) is 0 Å². The molecule has 0 spiro atoms. The van der Waals surface area contributed by atoms with Gasteiger partial charge < -0.3 is 10.1 Å². The minimum Gasteiger partial charge on any atom is -0.375 e. The second-order valence-electron chi connectivity index (χ2n) is 4.87. The molecule has 1 aromatic rings. The monoisotopic (exact) mass is 237 g/mol. The summed E-state index contributed by atoms with van der Waals surface area (Å²) in [5.41, 5.74) is 0. The van der Waals surface area contributed by atoms with Gasteiger partial charge in [0.15, 0.2) is 5.82 Å². The summed E-state index contributed by atoms with van der Waals surface area (Å²) in [6.07, 6.45) is 5.92. The van der Waals surface area contributed by atoms with Crippen molar-refractivity contribution in [1.29, 1.82) is 0 Å². The lowest BCUT2D eigenvalue weighted by atomic mass is 10.2. The topological polar surface area (TPSA) is 64.9 Å². The summed E-state index contributed by atoms with van der Waals surface area (Å²) in [7, 11) is 0. The first-order chi connectivity index (χ1) is 8.42. The fourth-order valence-corrected chi connectivity index (χ4v) is 2.58. The molecule has 94 valence electrons. The van der Waals surface area contributed by atoms with Gasteiger partial charge in [0, 0.05) is 19.5 Å². The van der Waals surface area contributed by atoms with E-state index in [9.17, 15) is 0 Å². The maximum Gasteiger partial charge on any atom is 0.177 e. The van der Waals surface area contributed by atoms with E-state index in [2.05, 4.69) is 20.7 Å². The van der Waals surface area contributed by atoms with Crippen LogP contribution in [0.5, 0.6) is 0 Å². The van der Waals surface area contributed by atoms with E-state index in [1.807, 2.05) is 0 Å². The Bertz CT molecular complexity index is 354. The molecule has 1 N–H and O–H groups in total. The van der Waals surface area contributed by atoms with Gasteiger partial charge in [-0.1, -0.05) is 12.8 Å². The van der Waals surface area contributed by atoms with Crippen molar-refractivity contribution in [1.82, 2.24) is 25.5 Å². The Kier molecular flexibility index (Phi) is 3.33. The van der Waals surface area contributed by atoms with Gasteiger partial charge in [-0.15, -0.1) is 10.2 Å². The number of morpholine rings is 1. The van der Waals surface area contributed by atoms with E-state index >= 15 is 0 Å². The van der Waals surface area contributed by atoms with Gasteiger partial charge in [0.1, 0.15) is 0 Å². The van der Waals surface area contributed by atoms with Crippen molar-refractivity contribution < 1.29 is 4.74 Å². The molecule has 1 aliphatic carbocycles. The molecular weight excluding hydrogens is 218 g/mol. The molecule has 2 fully saturated rings. The van der Waals surface area contributed by atoms with Gasteiger partial charge in [0.25, 0.3) is 0 Å². The SMILES string of the molecule is C1CCC(n2nnc(C[C@@H]3CNCCO3)n2)C1. The molecule has 6 heteroatoms. The van der Waals surface area contributed by atoms with Crippen LogP contribution in [-0.2, 0) is 11.2 Å². The van der Waals surface area contributed by atoms with Crippen LogP contribution in [0.15, 0.2) is 0 Å². The van der Waals surface area contributed by atoms with Crippen LogP contribution in [0.3, 0.4) is 0 Å². The molecule has 1 aromatic heterocycles. The maximum atomic E-state index is 5.64. The number of nitrogens with zero attached hydrogens (tertiary/aromatic N) is 4. The molecule has 2 heterocycles. The van der Waals surface area contributed by atoms with E-state index in [1.165, 1.54) is 25.7 Å². The molecular formula is C11H19N5O. The number of hydrogen-bond donors (Lipinski definition) is 1. The van der Waals surface area contributed by atoms with Gasteiger partial charge in [-0.25, -0.2) is 0 Å². The van der Waals surface area contributed by atoms with E-state index in [0.29, 0.717) is 6.04 Å². The highest BCUT2D eigenvalue weighted by molar-refractivity contribution is 4.85. The van der Waals surface area contributed by atoms with E-state index in [4.69, 9.17) is 4.74 Å². The van der Waals surface area contributed by atoms with Crippen LogP contribution in [0.2, 0.25) is 0 Å². The van der Waals surface area contributed by atoms with Crippen molar-refractivity contribution in [2.45, 2.75) is 44.2 Å². The van der Waals surface area contributed by atoms with Crippen molar-refractivity contribution in [2.24, 2.45) is 0 Å². The molecule has 0 bridgehead atoms. The van der Waals surface area contributed by atoms with Gasteiger partial charge >= 0.3 is 0 Å². The Morgan fingerprint density at radius 3 is 3.00 bits per heavy atom. The van der Waals surface area contributed by atoms with Crippen molar-refractivity contribution in [3.8, 4) is 0 Å². The fourth-order valence-electron chi connectivity index (χ4n) is 2.58. The summed E-state index contributed by atoms with van der Waals surface area (Å²) in [6, 6.07) is 0.474. The number of rotatable bonds is 3. The van der Waals surface area contributed by atoms with Crippen LogP contribution >= 0.6 is 0 Å². The van der Waals surface area contributed by atoms with Crippen LogP contribution < -0.4 is 5.32 Å². The minimum absolute atomic E-state index is 0.199. The minimum atomic E-state index is 0.199. The first-order valence-corrected chi connectivity index (χ1v) is 6.52. The number of tetrazole rings is 1. The lowest BCUT2D eigenvalue weighted by Gasteiger charge is -2.22. The van der Waals surface area contributed by atoms with E-state index in [-0.39, 0.29) is 6.10 Å². The van der Waals surface area contributed by atoms with Crippen LogP contribution in [0, 0.1) is 0 Å². The van der Waals surface area contributed by atoms with E-state index in [0.717, 1.165) is 31.9 Å². The Labute approximate surface area is 101 Å². The molecule has 1 atom stereocenters. The first kappa shape index (κ1) is 11.1. The molecule has 1 saturated heterocycles. The molecule has 17 heavy (non-hydrogen) atoms. The third-order valence-corrected chi connectivity index (χ3v) is 3.54. The predicted octanol–water partition coefficient (Wildman–Crippen LogP) is 0.319. The average molecular weight is 237 g/mol. The Balaban J connectivity index is 1.59. The molecule has 0 amide bonds. The van der Waals surface area contributed by atoms with Crippen molar-refractivity contribution >= 4 is 0 Å². The molecule has 2 aliphatic rings. The summed E-state index contributed by atoms with van der Waals surface area (Å²) < 4.78 is 5.64. The van der Waals surface area contributed by atoms with Crippen molar-refractivity contribution in [3.63, 3.8) is 0 Å². The van der Waals surface area contributed by atoms with Crippen LogP contribution in [0.1, 0.15) is 37.5 Å². The lowest BCUT2D eigenvalue weighted by molar-refractivity contribution is 0.0280. The summed E-state index contributed by atoms with van der Waals surface area (Å²) >= 11 is 0. The molecule has 3 rings (SSSR count). The number of nitrogens with one attached hydrogen (secondary N) is 1. The van der Waals surface area contributed by atoms with Crippen molar-refractivity contribution in [3.05, 3.63) is 5.82 Å². The zero-order valence-electron chi connectivity index (χ0n) is 10.0. The average Bonchev–Trinajstić information content (AvgIpc) is 3.00. The Morgan fingerprint density at radius 2 is 2.24 bits per heavy atom.